The van der Waals surface area contributed by atoms with Crippen LogP contribution in [0.2, 0.25) is 10.0 Å². The predicted octanol–water partition coefficient (Wildman–Crippen LogP) is 4.12. The van der Waals surface area contributed by atoms with Crippen molar-refractivity contribution < 1.29 is 0 Å². The monoisotopic (exact) mass is 278 g/mol. The molecule has 0 saturated heterocycles. The maximum atomic E-state index is 6.02. The Labute approximate surface area is 116 Å². The third-order valence-corrected chi connectivity index (χ3v) is 2.95. The Morgan fingerprint density at radius 3 is 2.56 bits per heavy atom. The van der Waals surface area contributed by atoms with Gasteiger partial charge in [-0.1, -0.05) is 59.6 Å². The molecule has 92 valence electrons. The van der Waals surface area contributed by atoms with Gasteiger partial charge in [0.15, 0.2) is 0 Å². The zero-order valence-corrected chi connectivity index (χ0v) is 11.1. The Morgan fingerprint density at radius 1 is 1.06 bits per heavy atom. The lowest BCUT2D eigenvalue weighted by atomic mass is 10.2. The molecule has 1 N–H and O–H groups in total. The molecular formula is C14H12Cl2N2. The van der Waals surface area contributed by atoms with Crippen molar-refractivity contribution in [2.75, 3.05) is 0 Å². The summed E-state index contributed by atoms with van der Waals surface area (Å²) in [7, 11) is 0. The average Bonchev–Trinajstić information content (AvgIpc) is 2.38. The summed E-state index contributed by atoms with van der Waals surface area (Å²) in [5.74, 6) is 0. The first-order valence-electron chi connectivity index (χ1n) is 5.50. The maximum Gasteiger partial charge on any atom is 0.0580 e. The first-order valence-corrected chi connectivity index (χ1v) is 6.26. The van der Waals surface area contributed by atoms with Crippen LogP contribution in [0.5, 0.6) is 0 Å². The van der Waals surface area contributed by atoms with Crippen LogP contribution in [0.15, 0.2) is 53.6 Å². The molecular weight excluding hydrogens is 267 g/mol. The van der Waals surface area contributed by atoms with Gasteiger partial charge >= 0.3 is 0 Å². The molecule has 2 aromatic rings. The topological polar surface area (TPSA) is 24.4 Å². The summed E-state index contributed by atoms with van der Waals surface area (Å²) < 4.78 is 0. The van der Waals surface area contributed by atoms with E-state index in [-0.39, 0.29) is 0 Å². The molecule has 4 heteroatoms. The second-order valence-corrected chi connectivity index (χ2v) is 4.59. The molecule has 0 spiro atoms. The summed E-state index contributed by atoms with van der Waals surface area (Å²) >= 11 is 11.8. The molecule has 18 heavy (non-hydrogen) atoms. The van der Waals surface area contributed by atoms with Gasteiger partial charge in [0, 0.05) is 10.6 Å². The van der Waals surface area contributed by atoms with Gasteiger partial charge in [-0.3, -0.25) is 0 Å². The van der Waals surface area contributed by atoms with Crippen LogP contribution in [0.4, 0.5) is 0 Å². The van der Waals surface area contributed by atoms with Crippen molar-refractivity contribution in [3.05, 3.63) is 69.7 Å². The van der Waals surface area contributed by atoms with Gasteiger partial charge in [0.2, 0.25) is 0 Å². The summed E-state index contributed by atoms with van der Waals surface area (Å²) in [4.78, 5) is 0. The highest BCUT2D eigenvalue weighted by Crippen LogP contribution is 2.19. The van der Waals surface area contributed by atoms with E-state index < -0.39 is 0 Å². The molecule has 0 aromatic heterocycles. The van der Waals surface area contributed by atoms with Crippen molar-refractivity contribution in [2.24, 2.45) is 5.10 Å². The van der Waals surface area contributed by atoms with E-state index in [1.807, 2.05) is 36.4 Å². The molecule has 2 rings (SSSR count). The van der Waals surface area contributed by atoms with Crippen LogP contribution < -0.4 is 5.43 Å². The molecule has 0 aliphatic heterocycles. The molecule has 2 nitrogen and oxygen atoms in total. The molecule has 0 atom stereocenters. The van der Waals surface area contributed by atoms with Crippen LogP contribution in [0.3, 0.4) is 0 Å². The van der Waals surface area contributed by atoms with Crippen molar-refractivity contribution in [1.29, 1.82) is 0 Å². The largest absolute Gasteiger partial charge is 0.306 e. The van der Waals surface area contributed by atoms with Crippen molar-refractivity contribution in [3.63, 3.8) is 0 Å². The maximum absolute atomic E-state index is 6.02. The van der Waals surface area contributed by atoms with Gasteiger partial charge in [-0.15, -0.1) is 0 Å². The van der Waals surface area contributed by atoms with Gasteiger partial charge in [-0.25, -0.2) is 0 Å². The van der Waals surface area contributed by atoms with Gasteiger partial charge in [-0.05, 0) is 17.7 Å². The lowest BCUT2D eigenvalue weighted by molar-refractivity contribution is 0.748. The number of hydrogen-bond acceptors (Lipinski definition) is 2. The number of hydrogen-bond donors (Lipinski definition) is 1. The van der Waals surface area contributed by atoms with E-state index in [2.05, 4.69) is 10.5 Å². The molecule has 0 radical (unpaired) electrons. The minimum absolute atomic E-state index is 0.591. The summed E-state index contributed by atoms with van der Waals surface area (Å²) in [6.45, 7) is 0.683. The molecule has 0 amide bonds. The molecule has 2 aromatic carbocycles. The van der Waals surface area contributed by atoms with Crippen LogP contribution in [0.1, 0.15) is 11.1 Å². The van der Waals surface area contributed by atoms with Gasteiger partial charge in [0.05, 0.1) is 17.8 Å². The van der Waals surface area contributed by atoms with Crippen LogP contribution >= 0.6 is 23.2 Å². The molecule has 0 fully saturated rings. The van der Waals surface area contributed by atoms with Crippen molar-refractivity contribution >= 4 is 29.4 Å². The molecule has 0 saturated carbocycles. The highest BCUT2D eigenvalue weighted by molar-refractivity contribution is 6.36. The van der Waals surface area contributed by atoms with Gasteiger partial charge in [-0.2, -0.15) is 5.10 Å². The SMILES string of the molecule is Clc1ccc(C=NNCc2ccccc2)c(Cl)c1. The van der Waals surface area contributed by atoms with E-state index in [0.29, 0.717) is 16.6 Å². The number of benzene rings is 2. The molecule has 0 aliphatic carbocycles. The fraction of sp³-hybridized carbons (Fsp3) is 0.0714. The average molecular weight is 279 g/mol. The number of rotatable bonds is 4. The fourth-order valence-electron chi connectivity index (χ4n) is 1.45. The Balaban J connectivity index is 1.92. The summed E-state index contributed by atoms with van der Waals surface area (Å²) in [6, 6.07) is 15.4. The minimum atomic E-state index is 0.591. The van der Waals surface area contributed by atoms with Crippen molar-refractivity contribution in [1.82, 2.24) is 5.43 Å². The zero-order chi connectivity index (χ0) is 12.8. The zero-order valence-electron chi connectivity index (χ0n) is 9.61. The van der Waals surface area contributed by atoms with Crippen molar-refractivity contribution in [3.8, 4) is 0 Å². The standard InChI is InChI=1S/C14H12Cl2N2/c15-13-7-6-12(14(16)8-13)10-18-17-9-11-4-2-1-3-5-11/h1-8,10,17H,9H2. The number of hydrazone groups is 1. The number of nitrogens with zero attached hydrogens (tertiary/aromatic N) is 1. The minimum Gasteiger partial charge on any atom is -0.306 e. The van der Waals surface area contributed by atoms with Crippen LogP contribution in [0, 0.1) is 0 Å². The van der Waals surface area contributed by atoms with Gasteiger partial charge in [0.25, 0.3) is 0 Å². The highest BCUT2D eigenvalue weighted by atomic mass is 35.5. The Kier molecular flexibility index (Phi) is 4.62. The number of nitrogens with one attached hydrogen (secondary N) is 1. The predicted molar refractivity (Wildman–Crippen MR) is 77.3 cm³/mol. The smallest absolute Gasteiger partial charge is 0.0580 e. The van der Waals surface area contributed by atoms with E-state index in [9.17, 15) is 0 Å². The van der Waals surface area contributed by atoms with Crippen LogP contribution in [-0.4, -0.2) is 6.21 Å². The summed E-state index contributed by atoms with van der Waals surface area (Å²) in [6.07, 6.45) is 1.68. The van der Waals surface area contributed by atoms with Gasteiger partial charge in [0.1, 0.15) is 0 Å². The number of halogens is 2. The summed E-state index contributed by atoms with van der Waals surface area (Å²) in [5.41, 5.74) is 4.98. The Hall–Kier alpha value is -1.51. The highest BCUT2D eigenvalue weighted by Gasteiger charge is 1.97. The second-order valence-electron chi connectivity index (χ2n) is 3.74. The molecule has 0 unspecified atom stereocenters. The third kappa shape index (κ3) is 3.76. The second kappa shape index (κ2) is 6.43. The van der Waals surface area contributed by atoms with E-state index >= 15 is 0 Å². The molecule has 0 bridgehead atoms. The molecule has 0 heterocycles. The lowest BCUT2D eigenvalue weighted by Gasteiger charge is -2.01. The Bertz CT molecular complexity index is 539. The first kappa shape index (κ1) is 12.9. The normalized spacial score (nSPS) is 10.8. The summed E-state index contributed by atoms with van der Waals surface area (Å²) in [5, 5.41) is 5.34. The van der Waals surface area contributed by atoms with E-state index in [1.165, 1.54) is 5.56 Å². The van der Waals surface area contributed by atoms with E-state index in [0.717, 1.165) is 5.56 Å². The van der Waals surface area contributed by atoms with Crippen molar-refractivity contribution in [2.45, 2.75) is 6.54 Å². The fourth-order valence-corrected chi connectivity index (χ4v) is 1.91. The van der Waals surface area contributed by atoms with Gasteiger partial charge < -0.3 is 5.43 Å². The van der Waals surface area contributed by atoms with E-state index in [4.69, 9.17) is 23.2 Å². The Morgan fingerprint density at radius 2 is 1.83 bits per heavy atom. The van der Waals surface area contributed by atoms with Crippen LogP contribution in [-0.2, 0) is 6.54 Å². The first-order chi connectivity index (χ1) is 8.75. The van der Waals surface area contributed by atoms with Crippen LogP contribution in [0.25, 0.3) is 0 Å². The lowest BCUT2D eigenvalue weighted by Crippen LogP contribution is -2.05. The third-order valence-electron chi connectivity index (χ3n) is 2.38. The quantitative estimate of drug-likeness (QED) is 0.660. The molecule has 0 aliphatic rings. The van der Waals surface area contributed by atoms with E-state index in [1.54, 1.807) is 18.3 Å².